The highest BCUT2D eigenvalue weighted by Crippen LogP contribution is 2.45. The van der Waals surface area contributed by atoms with Gasteiger partial charge < -0.3 is 5.32 Å². The molecule has 166 valence electrons. The number of hydrogen-bond acceptors (Lipinski definition) is 4. The SMILES string of the molecule is C[C@@H]1CN(CCN2c3ccccc3N(c3ccccc3F)S2(=O)=O)C[C@H](C)N1.Cl.Cl. The Morgan fingerprint density at radius 2 is 1.43 bits per heavy atom. The molecule has 1 saturated heterocycles. The number of para-hydroxylation sites is 3. The Bertz CT molecular complexity index is 969. The zero-order valence-electron chi connectivity index (χ0n) is 16.9. The lowest BCUT2D eigenvalue weighted by Crippen LogP contribution is -2.55. The van der Waals surface area contributed by atoms with Gasteiger partial charge in [-0.15, -0.1) is 24.8 Å². The largest absolute Gasteiger partial charge is 0.331 e. The summed E-state index contributed by atoms with van der Waals surface area (Å²) in [5.74, 6) is -0.563. The van der Waals surface area contributed by atoms with Crippen molar-refractivity contribution in [1.29, 1.82) is 0 Å². The third-order valence-electron chi connectivity index (χ3n) is 5.20. The number of halogens is 3. The van der Waals surface area contributed by atoms with E-state index >= 15 is 0 Å². The average Bonchev–Trinajstić information content (AvgIpc) is 2.86. The number of rotatable bonds is 4. The summed E-state index contributed by atoms with van der Waals surface area (Å²) in [5.41, 5.74) is 1.11. The molecule has 2 aliphatic rings. The molecule has 0 bridgehead atoms. The first-order chi connectivity index (χ1) is 13.4. The second-order valence-electron chi connectivity index (χ2n) is 7.51. The minimum absolute atomic E-state index is 0. The van der Waals surface area contributed by atoms with Gasteiger partial charge >= 0.3 is 10.2 Å². The number of nitrogens with zero attached hydrogens (tertiary/aromatic N) is 3. The van der Waals surface area contributed by atoms with Gasteiger partial charge in [0.25, 0.3) is 0 Å². The summed E-state index contributed by atoms with van der Waals surface area (Å²) in [6.07, 6.45) is 0. The summed E-state index contributed by atoms with van der Waals surface area (Å²) in [7, 11) is -3.91. The maximum Gasteiger partial charge on any atom is 0.331 e. The van der Waals surface area contributed by atoms with Gasteiger partial charge in [0.05, 0.1) is 17.1 Å². The van der Waals surface area contributed by atoms with Crippen LogP contribution in [-0.2, 0) is 10.2 Å². The highest BCUT2D eigenvalue weighted by atomic mass is 35.5. The Hall–Kier alpha value is -1.58. The highest BCUT2D eigenvalue weighted by Gasteiger charge is 2.42. The predicted molar refractivity (Wildman–Crippen MR) is 124 cm³/mol. The van der Waals surface area contributed by atoms with Gasteiger partial charge in [0, 0.05) is 38.3 Å². The van der Waals surface area contributed by atoms with Crippen LogP contribution in [0.2, 0.25) is 0 Å². The minimum Gasteiger partial charge on any atom is -0.309 e. The van der Waals surface area contributed by atoms with Crippen LogP contribution in [0.3, 0.4) is 0 Å². The van der Waals surface area contributed by atoms with E-state index in [2.05, 4.69) is 24.1 Å². The van der Waals surface area contributed by atoms with Gasteiger partial charge in [-0.05, 0) is 38.1 Å². The summed E-state index contributed by atoms with van der Waals surface area (Å²) < 4.78 is 43.7. The van der Waals surface area contributed by atoms with Crippen molar-refractivity contribution < 1.29 is 12.8 Å². The fourth-order valence-corrected chi connectivity index (χ4v) is 5.87. The molecule has 2 aromatic rings. The Morgan fingerprint density at radius 1 is 0.900 bits per heavy atom. The van der Waals surface area contributed by atoms with Crippen LogP contribution in [0.1, 0.15) is 13.8 Å². The molecule has 30 heavy (non-hydrogen) atoms. The fourth-order valence-electron chi connectivity index (χ4n) is 4.16. The molecule has 2 heterocycles. The molecule has 0 aromatic heterocycles. The monoisotopic (exact) mass is 476 g/mol. The Morgan fingerprint density at radius 3 is 2.03 bits per heavy atom. The molecule has 6 nitrogen and oxygen atoms in total. The van der Waals surface area contributed by atoms with E-state index in [0.29, 0.717) is 36.5 Å². The van der Waals surface area contributed by atoms with E-state index in [1.54, 1.807) is 36.4 Å². The van der Waals surface area contributed by atoms with E-state index in [1.807, 2.05) is 0 Å². The molecule has 1 fully saturated rings. The van der Waals surface area contributed by atoms with Crippen LogP contribution < -0.4 is 13.9 Å². The van der Waals surface area contributed by atoms with Gasteiger partial charge in [-0.2, -0.15) is 8.42 Å². The lowest BCUT2D eigenvalue weighted by Gasteiger charge is -2.36. The van der Waals surface area contributed by atoms with Crippen molar-refractivity contribution in [2.24, 2.45) is 0 Å². The quantitative estimate of drug-likeness (QED) is 0.732. The number of piperazine rings is 1. The molecular formula is C20H27Cl2FN4O2S. The van der Waals surface area contributed by atoms with Gasteiger partial charge in [-0.1, -0.05) is 24.3 Å². The van der Waals surface area contributed by atoms with Crippen LogP contribution in [0.5, 0.6) is 0 Å². The summed E-state index contributed by atoms with van der Waals surface area (Å²) in [4.78, 5) is 2.27. The topological polar surface area (TPSA) is 55.9 Å². The zero-order valence-corrected chi connectivity index (χ0v) is 19.3. The smallest absolute Gasteiger partial charge is 0.309 e. The van der Waals surface area contributed by atoms with Crippen molar-refractivity contribution in [3.05, 3.63) is 54.3 Å². The summed E-state index contributed by atoms with van der Waals surface area (Å²) in [5, 5.41) is 3.48. The standard InChI is InChI=1S/C20H25FN4O2S.2ClH/c1-15-13-23(14-16(2)22-15)11-12-24-19-9-5-6-10-20(19)25(28(24,26)27)18-8-4-3-7-17(18)21;;/h3-10,15-16,22H,11-14H2,1-2H3;2*1H/t15-,16+;;. The van der Waals surface area contributed by atoms with Crippen molar-refractivity contribution in [3.63, 3.8) is 0 Å². The molecule has 1 N–H and O–H groups in total. The van der Waals surface area contributed by atoms with E-state index in [0.717, 1.165) is 17.4 Å². The third-order valence-corrected chi connectivity index (χ3v) is 6.99. The maximum atomic E-state index is 14.4. The zero-order chi connectivity index (χ0) is 19.9. The van der Waals surface area contributed by atoms with E-state index in [9.17, 15) is 12.8 Å². The number of fused-ring (bicyclic) bond motifs is 1. The van der Waals surface area contributed by atoms with E-state index in [4.69, 9.17) is 0 Å². The average molecular weight is 477 g/mol. The second-order valence-corrected chi connectivity index (χ2v) is 9.21. The third kappa shape index (κ3) is 4.53. The van der Waals surface area contributed by atoms with Crippen LogP contribution in [0, 0.1) is 5.82 Å². The fraction of sp³-hybridized carbons (Fsp3) is 0.400. The summed E-state index contributed by atoms with van der Waals surface area (Å²) in [6.45, 7) is 6.95. The van der Waals surface area contributed by atoms with Gasteiger partial charge in [0.1, 0.15) is 5.82 Å². The molecule has 0 radical (unpaired) electrons. The van der Waals surface area contributed by atoms with Crippen molar-refractivity contribution in [2.45, 2.75) is 25.9 Å². The predicted octanol–water partition coefficient (Wildman–Crippen LogP) is 3.55. The molecule has 2 aromatic carbocycles. The van der Waals surface area contributed by atoms with Gasteiger partial charge in [-0.3, -0.25) is 4.90 Å². The lowest BCUT2D eigenvalue weighted by molar-refractivity contribution is 0.178. The van der Waals surface area contributed by atoms with E-state index in [-0.39, 0.29) is 30.5 Å². The Labute approximate surface area is 190 Å². The first-order valence-corrected chi connectivity index (χ1v) is 10.9. The molecule has 10 heteroatoms. The molecule has 2 atom stereocenters. The minimum atomic E-state index is -3.91. The van der Waals surface area contributed by atoms with E-state index < -0.39 is 16.0 Å². The number of benzene rings is 2. The van der Waals surface area contributed by atoms with Gasteiger partial charge in [0.15, 0.2) is 0 Å². The molecule has 2 aliphatic heterocycles. The summed E-state index contributed by atoms with van der Waals surface area (Å²) in [6, 6.07) is 13.8. The van der Waals surface area contributed by atoms with Crippen molar-refractivity contribution in [2.75, 3.05) is 34.8 Å². The maximum absolute atomic E-state index is 14.4. The van der Waals surface area contributed by atoms with Crippen LogP contribution >= 0.6 is 24.8 Å². The lowest BCUT2D eigenvalue weighted by atomic mass is 10.1. The number of hydrogen-bond donors (Lipinski definition) is 1. The molecule has 0 unspecified atom stereocenters. The highest BCUT2D eigenvalue weighted by molar-refractivity contribution is 7.95. The first kappa shape index (κ1) is 24.7. The van der Waals surface area contributed by atoms with E-state index in [1.165, 1.54) is 16.4 Å². The second kappa shape index (κ2) is 9.70. The molecule has 0 saturated carbocycles. The van der Waals surface area contributed by atoms with Crippen LogP contribution in [-0.4, -0.2) is 51.6 Å². The van der Waals surface area contributed by atoms with Crippen molar-refractivity contribution >= 4 is 52.1 Å². The number of anilines is 3. The van der Waals surface area contributed by atoms with Crippen molar-refractivity contribution in [1.82, 2.24) is 10.2 Å². The number of nitrogens with one attached hydrogen (secondary N) is 1. The van der Waals surface area contributed by atoms with Crippen LogP contribution in [0.4, 0.5) is 21.5 Å². The molecule has 4 rings (SSSR count). The van der Waals surface area contributed by atoms with Crippen LogP contribution in [0.25, 0.3) is 0 Å². The molecule has 0 amide bonds. The Kier molecular flexibility index (Phi) is 7.98. The Balaban J connectivity index is 0.00000160. The van der Waals surface area contributed by atoms with Gasteiger partial charge in [-0.25, -0.2) is 13.0 Å². The first-order valence-electron chi connectivity index (χ1n) is 9.53. The normalized spacial score (nSPS) is 22.8. The van der Waals surface area contributed by atoms with Crippen molar-refractivity contribution in [3.8, 4) is 0 Å². The molecule has 0 aliphatic carbocycles. The summed E-state index contributed by atoms with van der Waals surface area (Å²) >= 11 is 0. The molecule has 0 spiro atoms. The van der Waals surface area contributed by atoms with Crippen LogP contribution in [0.15, 0.2) is 48.5 Å². The molecular weight excluding hydrogens is 450 g/mol. The van der Waals surface area contributed by atoms with Gasteiger partial charge in [0.2, 0.25) is 0 Å².